The van der Waals surface area contributed by atoms with Crippen molar-refractivity contribution < 1.29 is 4.42 Å². The Labute approximate surface area is 595 Å². The first-order valence-corrected chi connectivity index (χ1v) is 35.7. The second-order valence-electron chi connectivity index (χ2n) is 27.7. The first kappa shape index (κ1) is 58.5. The van der Waals surface area contributed by atoms with Crippen LogP contribution in [0, 0.1) is 0 Å². The Morgan fingerprint density at radius 3 is 1.10 bits per heavy atom. The Bertz CT molecular complexity index is 7110. The van der Waals surface area contributed by atoms with Crippen molar-refractivity contribution in [3.8, 4) is 100 Å². The fourth-order valence-electron chi connectivity index (χ4n) is 17.1. The molecule has 20 aromatic carbocycles. The molecule has 0 atom stereocenters. The zero-order chi connectivity index (χ0) is 67.6. The van der Waals surface area contributed by atoms with E-state index < -0.39 is 0 Å². The Hall–Kier alpha value is -13.5. The van der Waals surface area contributed by atoms with Crippen LogP contribution >= 0.6 is 0 Å². The van der Waals surface area contributed by atoms with Crippen molar-refractivity contribution in [1.29, 1.82) is 0 Å². The van der Waals surface area contributed by atoms with Gasteiger partial charge in [0.1, 0.15) is 11.2 Å². The van der Waals surface area contributed by atoms with Gasteiger partial charge < -0.3 is 4.42 Å². The number of rotatable bonds is 9. The molecule has 0 saturated carbocycles. The number of hydrogen-bond donors (Lipinski definition) is 0. The molecule has 21 rings (SSSR count). The lowest BCUT2D eigenvalue weighted by molar-refractivity contribution is 0.669. The van der Waals surface area contributed by atoms with E-state index in [4.69, 9.17) is 4.42 Å². The normalized spacial score (nSPS) is 11.9. The summed E-state index contributed by atoms with van der Waals surface area (Å²) in [5.41, 5.74) is 23.4. The molecule has 1 aromatic heterocycles. The van der Waals surface area contributed by atoms with E-state index in [0.717, 1.165) is 33.1 Å². The Balaban J connectivity index is 0.683. The summed E-state index contributed by atoms with van der Waals surface area (Å²) >= 11 is 0. The van der Waals surface area contributed by atoms with Crippen molar-refractivity contribution in [3.63, 3.8) is 0 Å². The van der Waals surface area contributed by atoms with Gasteiger partial charge in [0, 0.05) is 10.8 Å². The van der Waals surface area contributed by atoms with Gasteiger partial charge in [-0.25, -0.2) is 0 Å². The standard InChI is InChI=1S/C102H62O/c1-4-20-68-55-71(44-39-63(68)17-1)74-47-52-92-95(61-74)101(80-46-41-65-19-3-6-22-70(65)57-80)89-28-8-7-27-88(89)100(92)79-25-13-23-77(59-79)81-31-14-24-76-58-78(49-51-83(76)81)82-32-15-34-85-84(82)33-16-35-87(85)102-91-30-10-9-29-90(91)99(96-62-75(48-53-93(96)102)72-45-40-64-18-2-5-21-69(64)56-72)67-42-37-66(38-43-67)73-50-54-98-94(60-73)86-26-11-12-36-97(86)103-98/h1-62H. The fourth-order valence-corrected chi connectivity index (χ4v) is 17.1. The van der Waals surface area contributed by atoms with Crippen LogP contribution in [-0.4, -0.2) is 0 Å². The quantitative estimate of drug-likeness (QED) is 0.131. The van der Waals surface area contributed by atoms with Crippen LogP contribution in [0.4, 0.5) is 0 Å². The van der Waals surface area contributed by atoms with Crippen molar-refractivity contribution in [3.05, 3.63) is 376 Å². The first-order valence-electron chi connectivity index (χ1n) is 35.7. The summed E-state index contributed by atoms with van der Waals surface area (Å²) < 4.78 is 6.25. The van der Waals surface area contributed by atoms with Crippen molar-refractivity contribution in [1.82, 2.24) is 0 Å². The third-order valence-electron chi connectivity index (χ3n) is 22.0. The molecule has 103 heavy (non-hydrogen) atoms. The van der Waals surface area contributed by atoms with Gasteiger partial charge >= 0.3 is 0 Å². The minimum Gasteiger partial charge on any atom is -0.456 e. The molecular weight excluding hydrogens is 1240 g/mol. The molecule has 0 radical (unpaired) electrons. The maximum absolute atomic E-state index is 6.25. The predicted octanol–water partition coefficient (Wildman–Crippen LogP) is 29.0. The summed E-state index contributed by atoms with van der Waals surface area (Å²) in [6.45, 7) is 0. The second-order valence-corrected chi connectivity index (χ2v) is 27.7. The van der Waals surface area contributed by atoms with Crippen LogP contribution in [0.25, 0.3) is 219 Å². The highest BCUT2D eigenvalue weighted by Gasteiger charge is 2.23. The van der Waals surface area contributed by atoms with Crippen molar-refractivity contribution in [2.24, 2.45) is 0 Å². The highest BCUT2D eigenvalue weighted by molar-refractivity contribution is 6.26. The van der Waals surface area contributed by atoms with Gasteiger partial charge in [0.2, 0.25) is 0 Å². The lowest BCUT2D eigenvalue weighted by Crippen LogP contribution is -1.93. The molecule has 0 aliphatic rings. The summed E-state index contributed by atoms with van der Waals surface area (Å²) in [6.07, 6.45) is 0. The molecular formula is C102H62O. The molecule has 0 bridgehead atoms. The van der Waals surface area contributed by atoms with Gasteiger partial charge in [0.15, 0.2) is 0 Å². The van der Waals surface area contributed by atoms with Crippen LogP contribution in [-0.2, 0) is 0 Å². The maximum atomic E-state index is 6.25. The smallest absolute Gasteiger partial charge is 0.135 e. The molecule has 1 heterocycles. The minimum atomic E-state index is 0.901. The van der Waals surface area contributed by atoms with Gasteiger partial charge in [-0.3, -0.25) is 0 Å². The van der Waals surface area contributed by atoms with Gasteiger partial charge in [0.25, 0.3) is 0 Å². The summed E-state index contributed by atoms with van der Waals surface area (Å²) in [5, 5.41) is 24.3. The van der Waals surface area contributed by atoms with E-state index in [1.165, 1.54) is 186 Å². The van der Waals surface area contributed by atoms with Crippen molar-refractivity contribution in [2.75, 3.05) is 0 Å². The van der Waals surface area contributed by atoms with E-state index in [1.54, 1.807) is 0 Å². The largest absolute Gasteiger partial charge is 0.456 e. The summed E-state index contributed by atoms with van der Waals surface area (Å²) in [6, 6.07) is 140. The minimum absolute atomic E-state index is 0.901. The molecule has 0 aliphatic carbocycles. The highest BCUT2D eigenvalue weighted by Crippen LogP contribution is 2.50. The molecule has 0 N–H and O–H groups in total. The average Bonchev–Trinajstić information content (AvgIpc) is 0.925. The summed E-state index contributed by atoms with van der Waals surface area (Å²) in [5.74, 6) is 0. The molecule has 0 spiro atoms. The highest BCUT2D eigenvalue weighted by atomic mass is 16.3. The van der Waals surface area contributed by atoms with Crippen molar-refractivity contribution in [2.45, 2.75) is 0 Å². The predicted molar refractivity (Wildman–Crippen MR) is 440 cm³/mol. The maximum Gasteiger partial charge on any atom is 0.135 e. The van der Waals surface area contributed by atoms with Gasteiger partial charge in [-0.2, -0.15) is 0 Å². The molecule has 0 aliphatic heterocycles. The monoisotopic (exact) mass is 1300 g/mol. The zero-order valence-corrected chi connectivity index (χ0v) is 56.2. The third-order valence-corrected chi connectivity index (χ3v) is 22.0. The van der Waals surface area contributed by atoms with Crippen LogP contribution in [0.5, 0.6) is 0 Å². The number of furan rings is 1. The molecule has 1 nitrogen and oxygen atoms in total. The molecule has 0 unspecified atom stereocenters. The average molecular weight is 1300 g/mol. The van der Waals surface area contributed by atoms with E-state index in [9.17, 15) is 0 Å². The summed E-state index contributed by atoms with van der Waals surface area (Å²) in [4.78, 5) is 0. The van der Waals surface area contributed by atoms with Gasteiger partial charge in [0.05, 0.1) is 0 Å². The van der Waals surface area contributed by atoms with Crippen LogP contribution in [0.15, 0.2) is 381 Å². The van der Waals surface area contributed by atoms with Crippen LogP contribution in [0.3, 0.4) is 0 Å². The van der Waals surface area contributed by atoms with Crippen LogP contribution in [0.2, 0.25) is 0 Å². The number of para-hydroxylation sites is 1. The van der Waals surface area contributed by atoms with E-state index in [0.29, 0.717) is 0 Å². The number of fused-ring (bicyclic) bond motifs is 12. The molecule has 0 fully saturated rings. The molecule has 1 heteroatoms. The third kappa shape index (κ3) is 9.69. The van der Waals surface area contributed by atoms with E-state index in [1.807, 2.05) is 12.1 Å². The Kier molecular flexibility index (Phi) is 13.4. The molecule has 476 valence electrons. The summed E-state index contributed by atoms with van der Waals surface area (Å²) in [7, 11) is 0. The van der Waals surface area contributed by atoms with E-state index in [2.05, 4.69) is 364 Å². The lowest BCUT2D eigenvalue weighted by atomic mass is 9.83. The fraction of sp³-hybridized carbons (Fsp3) is 0. The van der Waals surface area contributed by atoms with E-state index in [-0.39, 0.29) is 0 Å². The molecule has 0 saturated heterocycles. The topological polar surface area (TPSA) is 13.1 Å². The van der Waals surface area contributed by atoms with Gasteiger partial charge in [-0.15, -0.1) is 0 Å². The SMILES string of the molecule is c1cc(-c2cccc3cc(-c4cccc5c(-c6c7ccccc7c(-c7ccc(-c8ccc9oc%10ccccc%10c9c8)cc7)c7cc(-c8ccc9ccccc9c8)ccc67)cccc45)ccc23)cc(-c2c3ccccc3c(-c3ccc4ccccc4c3)c3cc(-c4ccc5ccccc5c4)ccc23)c1. The number of hydrogen-bond acceptors (Lipinski definition) is 1. The molecule has 21 aromatic rings. The van der Waals surface area contributed by atoms with Crippen molar-refractivity contribution >= 4 is 119 Å². The lowest BCUT2D eigenvalue weighted by Gasteiger charge is -2.20. The Morgan fingerprint density at radius 2 is 0.456 bits per heavy atom. The van der Waals surface area contributed by atoms with Gasteiger partial charge in [-0.1, -0.05) is 315 Å². The first-order chi connectivity index (χ1) is 51.0. The van der Waals surface area contributed by atoms with Crippen LogP contribution in [0.1, 0.15) is 0 Å². The number of benzene rings is 20. The van der Waals surface area contributed by atoms with E-state index >= 15 is 0 Å². The van der Waals surface area contributed by atoms with Crippen LogP contribution < -0.4 is 0 Å². The van der Waals surface area contributed by atoms with Gasteiger partial charge in [-0.05, 0) is 258 Å². The Morgan fingerprint density at radius 1 is 0.126 bits per heavy atom. The molecule has 0 amide bonds. The second kappa shape index (κ2) is 23.6. The zero-order valence-electron chi connectivity index (χ0n) is 56.2.